The van der Waals surface area contributed by atoms with Crippen LogP contribution in [0.2, 0.25) is 0 Å². The normalized spacial score (nSPS) is 14.5. The summed E-state index contributed by atoms with van der Waals surface area (Å²) >= 11 is 0. The van der Waals surface area contributed by atoms with Gasteiger partial charge in [0, 0.05) is 5.56 Å². The van der Waals surface area contributed by atoms with Crippen LogP contribution in [-0.4, -0.2) is 24.4 Å². The highest BCUT2D eigenvalue weighted by molar-refractivity contribution is 6.34. The van der Waals surface area contributed by atoms with Crippen molar-refractivity contribution in [1.29, 1.82) is 5.26 Å². The quantitative estimate of drug-likeness (QED) is 0.387. The van der Waals surface area contributed by atoms with Crippen LogP contribution in [0.1, 0.15) is 23.6 Å². The molecule has 3 aromatic rings. The fraction of sp³-hybridized carbons (Fsp3) is 0.148. The number of carbonyl (C=O) groups excluding carboxylic acids is 1. The number of hydrogen-bond acceptors (Lipinski definition) is 5. The Morgan fingerprint density at radius 2 is 1.72 bits per heavy atom. The molecule has 1 amide bonds. The lowest BCUT2D eigenvalue weighted by atomic mass is 10.1. The molecule has 9 heteroatoms. The predicted molar refractivity (Wildman–Crippen MR) is 128 cm³/mol. The van der Waals surface area contributed by atoms with E-state index in [1.807, 2.05) is 0 Å². The smallest absolute Gasteiger partial charge is 0.435 e. The number of rotatable bonds is 7. The third-order valence-corrected chi connectivity index (χ3v) is 5.25. The summed E-state index contributed by atoms with van der Waals surface area (Å²) < 4.78 is 52.7. The molecule has 1 heterocycles. The number of amides is 1. The number of para-hydroxylation sites is 1. The molecule has 4 rings (SSSR count). The first-order valence-corrected chi connectivity index (χ1v) is 11.0. The Balaban J connectivity index is 1.65. The van der Waals surface area contributed by atoms with Crippen molar-refractivity contribution in [3.63, 3.8) is 0 Å². The van der Waals surface area contributed by atoms with Gasteiger partial charge in [0.15, 0.2) is 17.2 Å². The molecule has 1 aliphatic rings. The van der Waals surface area contributed by atoms with Gasteiger partial charge in [-0.15, -0.1) is 0 Å². The van der Waals surface area contributed by atoms with Crippen LogP contribution in [0, 0.1) is 11.3 Å². The number of hydrazone groups is 1. The monoisotopic (exact) mass is 491 g/mol. The van der Waals surface area contributed by atoms with E-state index in [0.717, 1.165) is 11.1 Å². The second kappa shape index (κ2) is 10.4. The Morgan fingerprint density at radius 1 is 1.00 bits per heavy atom. The highest BCUT2D eigenvalue weighted by Crippen LogP contribution is 2.35. The molecule has 1 aliphatic heterocycles. The van der Waals surface area contributed by atoms with Crippen LogP contribution in [0.15, 0.2) is 83.5 Å². The Bertz CT molecular complexity index is 1380. The Hall–Kier alpha value is -4.58. The van der Waals surface area contributed by atoms with Crippen molar-refractivity contribution >= 4 is 23.4 Å². The second-order valence-corrected chi connectivity index (χ2v) is 7.65. The van der Waals surface area contributed by atoms with E-state index in [1.165, 1.54) is 24.3 Å². The number of nitriles is 1. The Labute approximate surface area is 205 Å². The van der Waals surface area contributed by atoms with E-state index < -0.39 is 23.4 Å². The first-order chi connectivity index (χ1) is 17.3. The maximum absolute atomic E-state index is 13.7. The van der Waals surface area contributed by atoms with E-state index in [4.69, 9.17) is 9.47 Å². The van der Waals surface area contributed by atoms with E-state index in [-0.39, 0.29) is 24.7 Å². The maximum atomic E-state index is 13.7. The molecule has 0 saturated carbocycles. The topological polar surface area (TPSA) is 74.9 Å². The molecule has 0 saturated heterocycles. The lowest BCUT2D eigenvalue weighted by Crippen LogP contribution is -2.25. The van der Waals surface area contributed by atoms with Gasteiger partial charge in [-0.25, -0.2) is 0 Å². The van der Waals surface area contributed by atoms with Gasteiger partial charge in [-0.05, 0) is 48.9 Å². The Morgan fingerprint density at radius 3 is 2.42 bits per heavy atom. The summed E-state index contributed by atoms with van der Waals surface area (Å²) in [6, 6.07) is 21.5. The average Bonchev–Trinajstić information content (AvgIpc) is 3.21. The van der Waals surface area contributed by atoms with Crippen molar-refractivity contribution in [3.05, 3.63) is 95.1 Å². The second-order valence-electron chi connectivity index (χ2n) is 7.65. The molecule has 0 spiro atoms. The fourth-order valence-corrected chi connectivity index (χ4v) is 3.58. The van der Waals surface area contributed by atoms with Gasteiger partial charge in [0.05, 0.1) is 29.5 Å². The van der Waals surface area contributed by atoms with Gasteiger partial charge in [-0.2, -0.15) is 28.5 Å². The summed E-state index contributed by atoms with van der Waals surface area (Å²) in [7, 11) is 0. The molecule has 0 bridgehead atoms. The fourth-order valence-electron chi connectivity index (χ4n) is 3.58. The van der Waals surface area contributed by atoms with Gasteiger partial charge in [0.2, 0.25) is 0 Å². The highest BCUT2D eigenvalue weighted by Gasteiger charge is 2.46. The van der Waals surface area contributed by atoms with Crippen LogP contribution in [0.25, 0.3) is 6.08 Å². The molecule has 0 aromatic heterocycles. The molecular formula is C27H20F3N3O3. The minimum absolute atomic E-state index is 0.0969. The first kappa shape index (κ1) is 24.5. The van der Waals surface area contributed by atoms with Gasteiger partial charge in [-0.1, -0.05) is 42.5 Å². The highest BCUT2D eigenvalue weighted by atomic mass is 19.4. The zero-order chi connectivity index (χ0) is 25.7. The van der Waals surface area contributed by atoms with Gasteiger partial charge >= 0.3 is 6.18 Å². The van der Waals surface area contributed by atoms with Crippen molar-refractivity contribution in [2.45, 2.75) is 19.7 Å². The van der Waals surface area contributed by atoms with Crippen molar-refractivity contribution < 1.29 is 27.4 Å². The van der Waals surface area contributed by atoms with Gasteiger partial charge in [-0.3, -0.25) is 4.79 Å². The first-order valence-electron chi connectivity index (χ1n) is 11.0. The number of anilines is 1. The number of ether oxygens (including phenoxy) is 2. The van der Waals surface area contributed by atoms with E-state index in [9.17, 15) is 23.2 Å². The van der Waals surface area contributed by atoms with Crippen molar-refractivity contribution in [2.24, 2.45) is 5.10 Å². The molecule has 0 atom stereocenters. The molecule has 182 valence electrons. The molecule has 6 nitrogen and oxygen atoms in total. The SMILES string of the molecule is CCOc1cc(/C=C2\C(=O)N(c3ccccc3)N=C2C(F)(F)F)ccc1OCc1ccccc1C#N. The van der Waals surface area contributed by atoms with Gasteiger partial charge in [0.1, 0.15) is 6.61 Å². The standard InChI is InChI=1S/C27H20F3N3O3/c1-2-35-24-15-18(12-13-23(24)36-17-20-9-7-6-8-19(20)16-31)14-22-25(27(28,29)30)32-33(26(22)34)21-10-4-3-5-11-21/h3-15H,2,17H2,1H3/b22-14-. The largest absolute Gasteiger partial charge is 0.490 e. The molecule has 0 radical (unpaired) electrons. The van der Waals surface area contributed by atoms with E-state index in [2.05, 4.69) is 11.2 Å². The number of halogens is 3. The van der Waals surface area contributed by atoms with Crippen LogP contribution in [-0.2, 0) is 11.4 Å². The molecule has 0 N–H and O–H groups in total. The number of hydrogen-bond donors (Lipinski definition) is 0. The van der Waals surface area contributed by atoms with Gasteiger partial charge < -0.3 is 9.47 Å². The van der Waals surface area contributed by atoms with Crippen LogP contribution < -0.4 is 14.5 Å². The van der Waals surface area contributed by atoms with E-state index in [0.29, 0.717) is 22.4 Å². The van der Waals surface area contributed by atoms with E-state index in [1.54, 1.807) is 55.5 Å². The minimum atomic E-state index is -4.83. The predicted octanol–water partition coefficient (Wildman–Crippen LogP) is 5.88. The average molecular weight is 491 g/mol. The molecule has 3 aromatic carbocycles. The summed E-state index contributed by atoms with van der Waals surface area (Å²) in [6.07, 6.45) is -3.69. The molecule has 0 fully saturated rings. The lowest BCUT2D eigenvalue weighted by Gasteiger charge is -2.14. The summed E-state index contributed by atoms with van der Waals surface area (Å²) in [6.45, 7) is 2.13. The third kappa shape index (κ3) is 5.23. The molecule has 36 heavy (non-hydrogen) atoms. The maximum Gasteiger partial charge on any atom is 0.435 e. The molecular weight excluding hydrogens is 471 g/mol. The zero-order valence-electron chi connectivity index (χ0n) is 19.1. The molecule has 0 aliphatic carbocycles. The third-order valence-electron chi connectivity index (χ3n) is 5.25. The summed E-state index contributed by atoms with van der Waals surface area (Å²) in [5.41, 5.74) is -0.175. The van der Waals surface area contributed by atoms with Crippen LogP contribution in [0.3, 0.4) is 0 Å². The summed E-state index contributed by atoms with van der Waals surface area (Å²) in [5, 5.41) is 13.6. The van der Waals surface area contributed by atoms with E-state index >= 15 is 0 Å². The summed E-state index contributed by atoms with van der Waals surface area (Å²) in [4.78, 5) is 12.9. The van der Waals surface area contributed by atoms with Crippen molar-refractivity contribution in [3.8, 4) is 17.6 Å². The van der Waals surface area contributed by atoms with Crippen LogP contribution in [0.5, 0.6) is 11.5 Å². The minimum Gasteiger partial charge on any atom is -0.490 e. The van der Waals surface area contributed by atoms with Crippen molar-refractivity contribution in [2.75, 3.05) is 11.6 Å². The number of carbonyl (C=O) groups is 1. The zero-order valence-corrected chi connectivity index (χ0v) is 19.1. The van der Waals surface area contributed by atoms with Gasteiger partial charge in [0.25, 0.3) is 5.91 Å². The summed E-state index contributed by atoms with van der Waals surface area (Å²) in [5.74, 6) is -0.253. The number of alkyl halides is 3. The lowest BCUT2D eigenvalue weighted by molar-refractivity contribution is -0.114. The number of benzene rings is 3. The van der Waals surface area contributed by atoms with Crippen LogP contribution >= 0.6 is 0 Å². The molecule has 0 unspecified atom stereocenters. The number of nitrogens with zero attached hydrogens (tertiary/aromatic N) is 3. The van der Waals surface area contributed by atoms with Crippen molar-refractivity contribution in [1.82, 2.24) is 0 Å². The Kier molecular flexibility index (Phi) is 7.06. The van der Waals surface area contributed by atoms with Crippen LogP contribution in [0.4, 0.5) is 18.9 Å².